The number of aryl methyl sites for hydroxylation is 1. The molecule has 0 aliphatic carbocycles. The van der Waals surface area contributed by atoms with Crippen molar-refractivity contribution in [3.8, 4) is 22.5 Å². The van der Waals surface area contributed by atoms with Gasteiger partial charge in [0.15, 0.2) is 5.82 Å². The number of hydrogen-bond donors (Lipinski definition) is 1. The molecule has 4 rings (SSSR count). The summed E-state index contributed by atoms with van der Waals surface area (Å²) in [7, 11) is 0. The predicted octanol–water partition coefficient (Wildman–Crippen LogP) is 4.47. The summed E-state index contributed by atoms with van der Waals surface area (Å²) in [6, 6.07) is 16.4. The monoisotopic (exact) mass is 471 g/mol. The standard InChI is InChI=1S/C26H29N7O2/c1-5-35-26(34)23-14-27-18(4)28-25(23)33(15-17(2)3)16-19-10-12-20(13-11-19)21-8-6-7-9-22(21)24-29-31-32-30-24/h6-14,17H,5,15-16H2,1-4H3,(H,29,30,31,32). The number of tetrazole rings is 1. The number of rotatable bonds is 9. The van der Waals surface area contributed by atoms with Crippen molar-refractivity contribution in [2.24, 2.45) is 5.92 Å². The smallest absolute Gasteiger partial charge is 0.343 e. The van der Waals surface area contributed by atoms with E-state index in [1.54, 1.807) is 13.1 Å². The number of aromatic nitrogens is 6. The third-order valence-electron chi connectivity index (χ3n) is 5.44. The topological polar surface area (TPSA) is 110 Å². The first-order valence-corrected chi connectivity index (χ1v) is 11.6. The largest absolute Gasteiger partial charge is 0.462 e. The van der Waals surface area contributed by atoms with Crippen LogP contribution >= 0.6 is 0 Å². The number of carbonyl (C=O) groups is 1. The van der Waals surface area contributed by atoms with Crippen LogP contribution in [0.15, 0.2) is 54.7 Å². The summed E-state index contributed by atoms with van der Waals surface area (Å²) in [5.74, 6) is 1.78. The Kier molecular flexibility index (Phi) is 7.45. The van der Waals surface area contributed by atoms with E-state index in [0.717, 1.165) is 28.8 Å². The third-order valence-corrected chi connectivity index (χ3v) is 5.44. The molecule has 0 aliphatic rings. The summed E-state index contributed by atoms with van der Waals surface area (Å²) >= 11 is 0. The first kappa shape index (κ1) is 24.0. The minimum atomic E-state index is -0.412. The zero-order valence-electron chi connectivity index (χ0n) is 20.4. The molecule has 1 N–H and O–H groups in total. The average Bonchev–Trinajstić information content (AvgIpc) is 3.39. The van der Waals surface area contributed by atoms with E-state index in [1.807, 2.05) is 31.2 Å². The van der Waals surface area contributed by atoms with Crippen molar-refractivity contribution in [2.45, 2.75) is 34.2 Å². The second kappa shape index (κ2) is 10.9. The fraction of sp³-hybridized carbons (Fsp3) is 0.308. The van der Waals surface area contributed by atoms with Crippen molar-refractivity contribution in [1.82, 2.24) is 30.6 Å². The molecule has 0 unspecified atom stereocenters. The van der Waals surface area contributed by atoms with E-state index in [0.29, 0.717) is 42.1 Å². The van der Waals surface area contributed by atoms with Gasteiger partial charge in [0.25, 0.3) is 0 Å². The normalized spacial score (nSPS) is 11.0. The Labute approximate surface area is 204 Å². The van der Waals surface area contributed by atoms with Crippen LogP contribution in [0.3, 0.4) is 0 Å². The number of benzene rings is 2. The van der Waals surface area contributed by atoms with E-state index < -0.39 is 5.97 Å². The Bertz CT molecular complexity index is 1270. The van der Waals surface area contributed by atoms with Crippen LogP contribution in [0.2, 0.25) is 0 Å². The van der Waals surface area contributed by atoms with Gasteiger partial charge >= 0.3 is 5.97 Å². The van der Waals surface area contributed by atoms with Gasteiger partial charge in [-0.05, 0) is 46.9 Å². The lowest BCUT2D eigenvalue weighted by Gasteiger charge is -2.27. The summed E-state index contributed by atoms with van der Waals surface area (Å²) in [5, 5.41) is 14.3. The highest BCUT2D eigenvalue weighted by atomic mass is 16.5. The molecular weight excluding hydrogens is 442 g/mol. The van der Waals surface area contributed by atoms with E-state index >= 15 is 0 Å². The maximum atomic E-state index is 12.6. The molecule has 9 heteroatoms. The van der Waals surface area contributed by atoms with Crippen LogP contribution < -0.4 is 4.90 Å². The lowest BCUT2D eigenvalue weighted by Crippen LogP contribution is -2.30. The Morgan fingerprint density at radius 3 is 2.49 bits per heavy atom. The van der Waals surface area contributed by atoms with Gasteiger partial charge in [-0.1, -0.05) is 62.4 Å². The lowest BCUT2D eigenvalue weighted by atomic mass is 9.98. The van der Waals surface area contributed by atoms with Crippen LogP contribution in [0, 0.1) is 12.8 Å². The molecule has 0 aliphatic heterocycles. The number of ether oxygens (including phenoxy) is 1. The van der Waals surface area contributed by atoms with Crippen LogP contribution in [0.4, 0.5) is 5.82 Å². The molecule has 2 aromatic heterocycles. The number of carbonyl (C=O) groups excluding carboxylic acids is 1. The van der Waals surface area contributed by atoms with Gasteiger partial charge < -0.3 is 9.64 Å². The van der Waals surface area contributed by atoms with Crippen LogP contribution in [0.25, 0.3) is 22.5 Å². The second-order valence-electron chi connectivity index (χ2n) is 8.64. The van der Waals surface area contributed by atoms with Crippen molar-refractivity contribution < 1.29 is 9.53 Å². The van der Waals surface area contributed by atoms with Crippen LogP contribution in [0.5, 0.6) is 0 Å². The van der Waals surface area contributed by atoms with E-state index in [2.05, 4.69) is 73.6 Å². The minimum absolute atomic E-state index is 0.295. The fourth-order valence-corrected chi connectivity index (χ4v) is 3.94. The summed E-state index contributed by atoms with van der Waals surface area (Å²) in [5.41, 5.74) is 4.50. The van der Waals surface area contributed by atoms with Crippen molar-refractivity contribution >= 4 is 11.8 Å². The SMILES string of the molecule is CCOC(=O)c1cnc(C)nc1N(Cc1ccc(-c2ccccc2-c2nnn[nH]2)cc1)CC(C)C. The first-order valence-electron chi connectivity index (χ1n) is 11.6. The van der Waals surface area contributed by atoms with Gasteiger partial charge in [-0.25, -0.2) is 19.9 Å². The molecule has 9 nitrogen and oxygen atoms in total. The van der Waals surface area contributed by atoms with E-state index in [9.17, 15) is 4.79 Å². The maximum Gasteiger partial charge on any atom is 0.343 e. The number of hydrogen-bond acceptors (Lipinski definition) is 8. The molecule has 0 radical (unpaired) electrons. The number of aromatic amines is 1. The summed E-state index contributed by atoms with van der Waals surface area (Å²) in [4.78, 5) is 23.6. The highest BCUT2D eigenvalue weighted by Gasteiger charge is 2.21. The highest BCUT2D eigenvalue weighted by Crippen LogP contribution is 2.30. The number of anilines is 1. The quantitative estimate of drug-likeness (QED) is 0.356. The van der Waals surface area contributed by atoms with E-state index in [1.165, 1.54) is 0 Å². The Balaban J connectivity index is 1.64. The zero-order chi connectivity index (χ0) is 24.8. The van der Waals surface area contributed by atoms with Gasteiger partial charge in [0, 0.05) is 24.8 Å². The molecular formula is C26H29N7O2. The van der Waals surface area contributed by atoms with E-state index in [-0.39, 0.29) is 0 Å². The second-order valence-corrected chi connectivity index (χ2v) is 8.64. The molecule has 35 heavy (non-hydrogen) atoms. The molecule has 0 saturated carbocycles. The first-order chi connectivity index (χ1) is 17.0. The van der Waals surface area contributed by atoms with Gasteiger partial charge in [0.2, 0.25) is 0 Å². The number of nitrogens with one attached hydrogen (secondary N) is 1. The van der Waals surface area contributed by atoms with Crippen LogP contribution in [-0.2, 0) is 11.3 Å². The summed E-state index contributed by atoms with van der Waals surface area (Å²) in [6.07, 6.45) is 1.56. The van der Waals surface area contributed by atoms with Gasteiger partial charge in [0.1, 0.15) is 17.2 Å². The Morgan fingerprint density at radius 2 is 1.83 bits per heavy atom. The summed E-state index contributed by atoms with van der Waals surface area (Å²) in [6.45, 7) is 9.51. The zero-order valence-corrected chi connectivity index (χ0v) is 20.4. The number of esters is 1. The maximum absolute atomic E-state index is 12.6. The Morgan fingerprint density at radius 1 is 1.09 bits per heavy atom. The highest BCUT2D eigenvalue weighted by molar-refractivity contribution is 5.94. The van der Waals surface area contributed by atoms with Gasteiger partial charge in [0.05, 0.1) is 6.61 Å². The fourth-order valence-electron chi connectivity index (χ4n) is 3.94. The van der Waals surface area contributed by atoms with Crippen molar-refractivity contribution in [1.29, 1.82) is 0 Å². The van der Waals surface area contributed by atoms with E-state index in [4.69, 9.17) is 4.74 Å². The molecule has 0 saturated heterocycles. The van der Waals surface area contributed by atoms with Crippen molar-refractivity contribution in [3.63, 3.8) is 0 Å². The number of nitrogens with zero attached hydrogens (tertiary/aromatic N) is 6. The minimum Gasteiger partial charge on any atom is -0.462 e. The predicted molar refractivity (Wildman–Crippen MR) is 134 cm³/mol. The third kappa shape index (κ3) is 5.68. The van der Waals surface area contributed by atoms with Crippen molar-refractivity contribution in [3.05, 3.63) is 71.7 Å². The number of H-pyrrole nitrogens is 1. The van der Waals surface area contributed by atoms with Gasteiger partial charge in [-0.3, -0.25) is 0 Å². The van der Waals surface area contributed by atoms with Gasteiger partial charge in [-0.15, -0.1) is 5.10 Å². The van der Waals surface area contributed by atoms with Crippen molar-refractivity contribution in [2.75, 3.05) is 18.1 Å². The summed E-state index contributed by atoms with van der Waals surface area (Å²) < 4.78 is 5.26. The molecule has 0 spiro atoms. The molecule has 0 bridgehead atoms. The van der Waals surface area contributed by atoms with Gasteiger partial charge in [-0.2, -0.15) is 0 Å². The average molecular weight is 472 g/mol. The molecule has 0 amide bonds. The molecule has 2 heterocycles. The Hall–Kier alpha value is -4.14. The lowest BCUT2D eigenvalue weighted by molar-refractivity contribution is 0.0526. The molecule has 4 aromatic rings. The molecule has 180 valence electrons. The molecule has 2 aromatic carbocycles. The molecule has 0 atom stereocenters. The van der Waals surface area contributed by atoms with Crippen LogP contribution in [-0.4, -0.2) is 49.7 Å². The van der Waals surface area contributed by atoms with Crippen LogP contribution in [0.1, 0.15) is 42.5 Å². The molecule has 0 fully saturated rings.